The summed E-state index contributed by atoms with van der Waals surface area (Å²) in [4.78, 5) is 43.8. The zero-order valence-electron chi connectivity index (χ0n) is 27.6. The number of nitrogens with one attached hydrogen (secondary N) is 2. The van der Waals surface area contributed by atoms with Crippen molar-refractivity contribution in [2.45, 2.75) is 53.4 Å². The summed E-state index contributed by atoms with van der Waals surface area (Å²) >= 11 is 0. The fourth-order valence-electron chi connectivity index (χ4n) is 6.08. The van der Waals surface area contributed by atoms with Crippen LogP contribution in [0.5, 0.6) is 0 Å². The number of aromatic amines is 2. The Morgan fingerprint density at radius 2 is 1.25 bits per heavy atom. The summed E-state index contributed by atoms with van der Waals surface area (Å²) in [5.74, 6) is -1.76. The lowest BCUT2D eigenvalue weighted by atomic mass is 10.0. The molecule has 0 radical (unpaired) electrons. The number of carboxylic acids is 2. The van der Waals surface area contributed by atoms with E-state index in [2.05, 4.69) is 28.1 Å². The third-order valence-electron chi connectivity index (χ3n) is 8.79. The van der Waals surface area contributed by atoms with Gasteiger partial charge in [-0.3, -0.25) is 14.6 Å². The predicted octanol–water partition coefficient (Wildman–Crippen LogP) is 8.59. The van der Waals surface area contributed by atoms with Crippen LogP contribution in [0.1, 0.15) is 78.1 Å². The van der Waals surface area contributed by atoms with Gasteiger partial charge in [-0.1, -0.05) is 31.4 Å². The van der Waals surface area contributed by atoms with E-state index in [4.69, 9.17) is 9.97 Å². The van der Waals surface area contributed by atoms with E-state index < -0.39 is 11.9 Å². The first-order chi connectivity index (χ1) is 23.0. The van der Waals surface area contributed by atoms with Gasteiger partial charge in [-0.25, -0.2) is 9.97 Å². The number of aryl methyl sites for hydroxylation is 3. The molecule has 0 aromatic carbocycles. The van der Waals surface area contributed by atoms with Crippen LogP contribution in [0.3, 0.4) is 0 Å². The Labute approximate surface area is 279 Å². The Morgan fingerprint density at radius 1 is 0.688 bits per heavy atom. The summed E-state index contributed by atoms with van der Waals surface area (Å²) in [6, 6.07) is 13.6. The minimum absolute atomic E-state index is 0.0259. The fraction of sp³-hybridized carbons (Fsp3) is 0.205. The Bertz CT molecular complexity index is 2140. The van der Waals surface area contributed by atoms with Crippen LogP contribution in [0.2, 0.25) is 0 Å². The van der Waals surface area contributed by atoms with Crippen LogP contribution in [0.15, 0.2) is 74.1 Å². The molecule has 9 heteroatoms. The van der Waals surface area contributed by atoms with E-state index in [0.717, 1.165) is 83.7 Å². The molecule has 0 aliphatic carbocycles. The lowest BCUT2D eigenvalue weighted by Crippen LogP contribution is -1.98. The second-order valence-corrected chi connectivity index (χ2v) is 11.8. The largest absolute Gasteiger partial charge is 0.481 e. The zero-order chi connectivity index (χ0) is 34.5. The molecule has 0 amide bonds. The van der Waals surface area contributed by atoms with Gasteiger partial charge in [0.05, 0.1) is 22.8 Å². The van der Waals surface area contributed by atoms with Crippen LogP contribution < -0.4 is 0 Å². The number of hydrogen-bond acceptors (Lipinski definition) is 5. The van der Waals surface area contributed by atoms with E-state index in [0.29, 0.717) is 18.5 Å². The first-order valence-corrected chi connectivity index (χ1v) is 15.7. The second kappa shape index (κ2) is 14.3. The van der Waals surface area contributed by atoms with E-state index in [-0.39, 0.29) is 12.8 Å². The molecule has 0 spiro atoms. The van der Waals surface area contributed by atoms with Crippen molar-refractivity contribution >= 4 is 62.4 Å². The minimum Gasteiger partial charge on any atom is -0.481 e. The van der Waals surface area contributed by atoms with Crippen molar-refractivity contribution < 1.29 is 19.8 Å². The number of carbonyl (C=O) groups is 2. The first-order valence-electron chi connectivity index (χ1n) is 15.7. The number of rotatable bonds is 8. The highest BCUT2D eigenvalue weighted by Crippen LogP contribution is 2.36. The molecule has 0 fully saturated rings. The number of pyridine rings is 1. The third kappa shape index (κ3) is 6.95. The molecule has 0 saturated carbocycles. The summed E-state index contributed by atoms with van der Waals surface area (Å²) in [6.07, 6.45) is 7.72. The third-order valence-corrected chi connectivity index (χ3v) is 8.79. The van der Waals surface area contributed by atoms with Gasteiger partial charge in [0, 0.05) is 58.4 Å². The molecule has 0 atom stereocenters. The monoisotopic (exact) mass is 641 g/mol. The quantitative estimate of drug-likeness (QED) is 0.151. The van der Waals surface area contributed by atoms with Gasteiger partial charge in [0.2, 0.25) is 0 Å². The molecule has 48 heavy (non-hydrogen) atoms. The minimum atomic E-state index is -0.883. The average Bonchev–Trinajstić information content (AvgIpc) is 3.72. The molecule has 4 aromatic rings. The van der Waals surface area contributed by atoms with E-state index in [1.54, 1.807) is 18.5 Å². The molecule has 2 aliphatic rings. The van der Waals surface area contributed by atoms with Crippen molar-refractivity contribution in [2.75, 3.05) is 0 Å². The highest BCUT2D eigenvalue weighted by atomic mass is 16.4. The summed E-state index contributed by atoms with van der Waals surface area (Å²) < 4.78 is 0. The van der Waals surface area contributed by atoms with Crippen molar-refractivity contribution in [1.29, 1.82) is 0 Å². The topological polar surface area (TPSA) is 145 Å². The molecule has 2 aliphatic heterocycles. The number of aliphatic carboxylic acids is 2. The number of nitrogens with zero attached hydrogens (tertiary/aromatic N) is 3. The van der Waals surface area contributed by atoms with Gasteiger partial charge in [-0.15, -0.1) is 0 Å². The second-order valence-electron chi connectivity index (χ2n) is 11.8. The van der Waals surface area contributed by atoms with Gasteiger partial charge in [0.15, 0.2) is 0 Å². The predicted molar refractivity (Wildman–Crippen MR) is 193 cm³/mol. The Kier molecular flexibility index (Phi) is 9.99. The van der Waals surface area contributed by atoms with Crippen molar-refractivity contribution in [3.8, 4) is 0 Å². The summed E-state index contributed by atoms with van der Waals surface area (Å²) in [6.45, 7) is 16.0. The summed E-state index contributed by atoms with van der Waals surface area (Å²) in [5.41, 5.74) is 13.7. The van der Waals surface area contributed by atoms with Crippen LogP contribution in [0.4, 0.5) is 0 Å². The van der Waals surface area contributed by atoms with Gasteiger partial charge < -0.3 is 20.2 Å². The van der Waals surface area contributed by atoms with E-state index in [1.165, 1.54) is 0 Å². The van der Waals surface area contributed by atoms with Crippen LogP contribution in [-0.2, 0) is 16.0 Å². The van der Waals surface area contributed by atoms with Crippen molar-refractivity contribution in [1.82, 2.24) is 24.9 Å². The SMILES string of the molecule is C=CC1=C(C)c2cc3[nH]c(cc4nc(cc5[nH]c(cc1n2)c(C)c5CCC(=O)O)C(CCC(=O)O)=C4C)c(C)c3C=C.c1ccncc1. The van der Waals surface area contributed by atoms with Gasteiger partial charge >= 0.3 is 11.9 Å². The molecular weight excluding hydrogens is 602 g/mol. The number of carboxylic acid groups (broad SMARTS) is 2. The average molecular weight is 642 g/mol. The summed E-state index contributed by atoms with van der Waals surface area (Å²) in [5, 5.41) is 18.9. The van der Waals surface area contributed by atoms with Crippen molar-refractivity contribution in [2.24, 2.45) is 0 Å². The van der Waals surface area contributed by atoms with Crippen LogP contribution in [-0.4, -0.2) is 47.1 Å². The molecular formula is C39H39N5O4. The molecule has 6 rings (SSSR count). The molecule has 6 heterocycles. The molecule has 9 nitrogen and oxygen atoms in total. The van der Waals surface area contributed by atoms with E-state index in [1.807, 2.05) is 76.2 Å². The maximum absolute atomic E-state index is 11.5. The smallest absolute Gasteiger partial charge is 0.303 e. The van der Waals surface area contributed by atoms with Gasteiger partial charge in [-0.2, -0.15) is 0 Å². The van der Waals surface area contributed by atoms with Crippen LogP contribution >= 0.6 is 0 Å². The van der Waals surface area contributed by atoms with Crippen LogP contribution in [0, 0.1) is 13.8 Å². The lowest BCUT2D eigenvalue weighted by molar-refractivity contribution is -0.137. The standard InChI is InChI=1S/C34H34N4O4.C5H5N/c1-7-21-17(3)25-13-26-19(5)23(9-11-33(39)40)31(37-26)16-32-24(10-12-34(41)42)20(6)28(38-32)15-30-22(8-2)18(4)27(36-30)14-29(21)35-25;1-2-4-6-5-3-1/h7-8,13-16,35,38H,1-2,9-12H2,3-6H3,(H,39,40)(H,41,42);1-5H. The Hall–Kier alpha value is -5.83. The lowest BCUT2D eigenvalue weighted by Gasteiger charge is -2.03. The molecule has 0 saturated heterocycles. The molecule has 8 bridgehead atoms. The highest BCUT2D eigenvalue weighted by molar-refractivity contribution is 5.98. The molecule has 4 aromatic heterocycles. The van der Waals surface area contributed by atoms with Gasteiger partial charge in [0.1, 0.15) is 0 Å². The van der Waals surface area contributed by atoms with Crippen molar-refractivity contribution in [3.63, 3.8) is 0 Å². The fourth-order valence-corrected chi connectivity index (χ4v) is 6.08. The van der Waals surface area contributed by atoms with E-state index in [9.17, 15) is 19.8 Å². The highest BCUT2D eigenvalue weighted by Gasteiger charge is 2.21. The maximum Gasteiger partial charge on any atom is 0.303 e. The number of allylic oxidation sites excluding steroid dienone is 5. The van der Waals surface area contributed by atoms with Crippen LogP contribution in [0.25, 0.3) is 50.4 Å². The van der Waals surface area contributed by atoms with E-state index >= 15 is 0 Å². The zero-order valence-corrected chi connectivity index (χ0v) is 27.6. The first kappa shape index (κ1) is 33.5. The Morgan fingerprint density at radius 3 is 1.85 bits per heavy atom. The Balaban J connectivity index is 0.000000677. The number of aromatic nitrogens is 5. The van der Waals surface area contributed by atoms with Crippen molar-refractivity contribution in [3.05, 3.63) is 119 Å². The van der Waals surface area contributed by atoms with Gasteiger partial charge in [0.25, 0.3) is 0 Å². The van der Waals surface area contributed by atoms with Gasteiger partial charge in [-0.05, 0) is 110 Å². The molecule has 0 unspecified atom stereocenters. The number of hydrogen-bond donors (Lipinski definition) is 4. The maximum atomic E-state index is 11.5. The normalized spacial score (nSPS) is 12.4. The summed E-state index contributed by atoms with van der Waals surface area (Å²) in [7, 11) is 0. The number of H-pyrrole nitrogens is 2. The number of fused-ring (bicyclic) bond motifs is 8. The molecule has 244 valence electrons. The molecule has 4 N–H and O–H groups in total.